The maximum Gasteiger partial charge on any atom is 0.387 e. The monoisotopic (exact) mass is 414 g/mol. The van der Waals surface area contributed by atoms with Crippen LogP contribution in [-0.2, 0) is 9.53 Å². The summed E-state index contributed by atoms with van der Waals surface area (Å²) in [7, 11) is 1.18. The molecular weight excluding hydrogens is 401 g/mol. The van der Waals surface area contributed by atoms with E-state index in [-0.39, 0.29) is 22.7 Å². The first kappa shape index (κ1) is 21.5. The lowest BCUT2D eigenvalue weighted by Gasteiger charge is -2.11. The third-order valence-corrected chi connectivity index (χ3v) is 3.38. The Balaban J connectivity index is 1.99. The summed E-state index contributed by atoms with van der Waals surface area (Å²) in [5.74, 6) is -3.33. The summed E-state index contributed by atoms with van der Waals surface area (Å²) in [5, 5.41) is 12.9. The number of nitrogens with one attached hydrogen (secondary N) is 1. The minimum Gasteiger partial charge on any atom is -0.493 e. The Bertz CT molecular complexity index is 937. The van der Waals surface area contributed by atoms with Crippen molar-refractivity contribution in [2.24, 2.45) is 0 Å². The minimum atomic E-state index is -3.09. The van der Waals surface area contributed by atoms with Gasteiger partial charge in [0.15, 0.2) is 18.1 Å². The quantitative estimate of drug-likeness (QED) is 0.401. The molecule has 0 saturated heterocycles. The maximum atomic E-state index is 13.3. The van der Waals surface area contributed by atoms with Gasteiger partial charge in [0.1, 0.15) is 0 Å². The number of ether oxygens (including phenoxy) is 3. The predicted molar refractivity (Wildman–Crippen MR) is 91.6 cm³/mol. The number of methoxy groups -OCH3 is 1. The molecule has 0 bridgehead atoms. The minimum absolute atomic E-state index is 0.0747. The smallest absolute Gasteiger partial charge is 0.387 e. The fraction of sp³-hybridized carbons (Fsp3) is 0.176. The second kappa shape index (κ2) is 9.39. The van der Waals surface area contributed by atoms with E-state index in [9.17, 15) is 32.9 Å². The number of alkyl halides is 2. The normalized spacial score (nSPS) is 10.4. The summed E-state index contributed by atoms with van der Waals surface area (Å²) >= 11 is 0. The number of nitrogens with zero attached hydrogens (tertiary/aromatic N) is 1. The lowest BCUT2D eigenvalue weighted by Crippen LogP contribution is -2.21. The fourth-order valence-electron chi connectivity index (χ4n) is 2.13. The van der Waals surface area contributed by atoms with Gasteiger partial charge < -0.3 is 19.5 Å². The topological polar surface area (TPSA) is 117 Å². The van der Waals surface area contributed by atoms with Gasteiger partial charge in [0.2, 0.25) is 5.82 Å². The van der Waals surface area contributed by atoms with Crippen molar-refractivity contribution in [3.05, 3.63) is 57.9 Å². The second-order valence-electron chi connectivity index (χ2n) is 5.29. The number of rotatable bonds is 8. The molecule has 1 amide bonds. The van der Waals surface area contributed by atoms with E-state index >= 15 is 0 Å². The largest absolute Gasteiger partial charge is 0.493 e. The molecule has 0 radical (unpaired) electrons. The first-order chi connectivity index (χ1) is 13.7. The van der Waals surface area contributed by atoms with Crippen molar-refractivity contribution in [1.29, 1.82) is 0 Å². The molecule has 154 valence electrons. The highest BCUT2D eigenvalue weighted by Gasteiger charge is 2.18. The standard InChI is InChI=1S/C17H13F3N2O7/c1-27-14-6-9(2-5-13(14)29-17(19)20)16(24)28-8-15(23)21-10-3-4-11(18)12(7-10)22(25)26/h2-7,17H,8H2,1H3,(H,21,23). The Labute approximate surface area is 161 Å². The number of amides is 1. The molecule has 2 aromatic rings. The van der Waals surface area contributed by atoms with E-state index in [1.165, 1.54) is 7.11 Å². The zero-order valence-corrected chi connectivity index (χ0v) is 14.7. The Kier molecular flexibility index (Phi) is 6.95. The Morgan fingerprint density at radius 3 is 2.52 bits per heavy atom. The van der Waals surface area contributed by atoms with Gasteiger partial charge in [0, 0.05) is 11.8 Å². The summed E-state index contributed by atoms with van der Waals surface area (Å²) in [4.78, 5) is 33.6. The first-order valence-corrected chi connectivity index (χ1v) is 7.75. The van der Waals surface area contributed by atoms with Gasteiger partial charge in [-0.25, -0.2) is 4.79 Å². The molecule has 29 heavy (non-hydrogen) atoms. The summed E-state index contributed by atoms with van der Waals surface area (Å²) in [6.07, 6.45) is 0. The van der Waals surface area contributed by atoms with Gasteiger partial charge in [-0.2, -0.15) is 13.2 Å². The molecule has 2 aromatic carbocycles. The van der Waals surface area contributed by atoms with Crippen LogP contribution >= 0.6 is 0 Å². The molecule has 1 N–H and O–H groups in total. The van der Waals surface area contributed by atoms with E-state index in [1.54, 1.807) is 0 Å². The lowest BCUT2D eigenvalue weighted by molar-refractivity contribution is -0.387. The fourth-order valence-corrected chi connectivity index (χ4v) is 2.13. The van der Waals surface area contributed by atoms with E-state index in [4.69, 9.17) is 9.47 Å². The van der Waals surface area contributed by atoms with Gasteiger partial charge in [-0.05, 0) is 30.3 Å². The van der Waals surface area contributed by atoms with Crippen LogP contribution in [0.5, 0.6) is 11.5 Å². The van der Waals surface area contributed by atoms with Crippen LogP contribution in [0.1, 0.15) is 10.4 Å². The van der Waals surface area contributed by atoms with Gasteiger partial charge >= 0.3 is 18.3 Å². The Hall–Kier alpha value is -3.83. The van der Waals surface area contributed by atoms with Crippen molar-refractivity contribution in [2.75, 3.05) is 19.0 Å². The number of carbonyl (C=O) groups excluding carboxylic acids is 2. The van der Waals surface area contributed by atoms with Crippen LogP contribution in [0.2, 0.25) is 0 Å². The van der Waals surface area contributed by atoms with Crippen LogP contribution in [0.15, 0.2) is 36.4 Å². The van der Waals surface area contributed by atoms with E-state index in [2.05, 4.69) is 10.1 Å². The highest BCUT2D eigenvalue weighted by atomic mass is 19.3. The first-order valence-electron chi connectivity index (χ1n) is 7.75. The summed E-state index contributed by atoms with van der Waals surface area (Å²) in [5.41, 5.74) is -1.01. The zero-order valence-electron chi connectivity index (χ0n) is 14.7. The highest BCUT2D eigenvalue weighted by molar-refractivity contribution is 5.96. The van der Waals surface area contributed by atoms with Crippen LogP contribution < -0.4 is 14.8 Å². The molecule has 0 aliphatic heterocycles. The average Bonchev–Trinajstić information content (AvgIpc) is 2.67. The molecule has 0 atom stereocenters. The van der Waals surface area contributed by atoms with Crippen molar-refractivity contribution in [3.8, 4) is 11.5 Å². The number of hydrogen-bond donors (Lipinski definition) is 1. The average molecular weight is 414 g/mol. The van der Waals surface area contributed by atoms with Crippen molar-refractivity contribution < 1.29 is 41.9 Å². The molecule has 12 heteroatoms. The highest BCUT2D eigenvalue weighted by Crippen LogP contribution is 2.29. The van der Waals surface area contributed by atoms with Gasteiger partial charge in [0.25, 0.3) is 5.91 Å². The van der Waals surface area contributed by atoms with Crippen LogP contribution in [0.25, 0.3) is 0 Å². The van der Waals surface area contributed by atoms with Crippen LogP contribution in [0.4, 0.5) is 24.5 Å². The molecule has 0 aromatic heterocycles. The van der Waals surface area contributed by atoms with E-state index in [1.807, 2.05) is 0 Å². The number of halogens is 3. The second-order valence-corrected chi connectivity index (χ2v) is 5.29. The molecule has 0 unspecified atom stereocenters. The van der Waals surface area contributed by atoms with E-state index in [0.717, 1.165) is 36.4 Å². The molecule has 0 saturated carbocycles. The number of anilines is 1. The summed E-state index contributed by atoms with van der Waals surface area (Å²) in [6.45, 7) is -3.85. The van der Waals surface area contributed by atoms with Crippen LogP contribution in [0, 0.1) is 15.9 Å². The van der Waals surface area contributed by atoms with Crippen molar-refractivity contribution in [2.45, 2.75) is 6.61 Å². The number of esters is 1. The third-order valence-electron chi connectivity index (χ3n) is 3.38. The molecule has 0 aliphatic rings. The Morgan fingerprint density at radius 1 is 1.17 bits per heavy atom. The zero-order chi connectivity index (χ0) is 21.6. The predicted octanol–water partition coefficient (Wildman–Crippen LogP) is 3.14. The lowest BCUT2D eigenvalue weighted by atomic mass is 10.2. The molecule has 2 rings (SSSR count). The number of hydrogen-bond acceptors (Lipinski definition) is 7. The third kappa shape index (κ3) is 5.82. The Morgan fingerprint density at radius 2 is 1.90 bits per heavy atom. The molecular formula is C17H13F3N2O7. The van der Waals surface area contributed by atoms with Crippen molar-refractivity contribution in [1.82, 2.24) is 0 Å². The van der Waals surface area contributed by atoms with Crippen LogP contribution in [0.3, 0.4) is 0 Å². The molecule has 0 aliphatic carbocycles. The number of benzene rings is 2. The molecule has 0 heterocycles. The summed E-state index contributed by atoms with van der Waals surface area (Å²) in [6, 6.07) is 5.98. The molecule has 0 fully saturated rings. The van der Waals surface area contributed by atoms with E-state index < -0.39 is 41.5 Å². The molecule has 0 spiro atoms. The SMILES string of the molecule is COc1cc(C(=O)OCC(=O)Nc2ccc(F)c([N+](=O)[O-])c2)ccc1OC(F)F. The van der Waals surface area contributed by atoms with Gasteiger partial charge in [-0.3, -0.25) is 14.9 Å². The summed E-state index contributed by atoms with van der Waals surface area (Å²) < 4.78 is 51.7. The van der Waals surface area contributed by atoms with Crippen LogP contribution in [-0.4, -0.2) is 37.1 Å². The molecule has 9 nitrogen and oxygen atoms in total. The number of nitro groups is 1. The number of nitro benzene ring substituents is 1. The van der Waals surface area contributed by atoms with Gasteiger partial charge in [-0.1, -0.05) is 0 Å². The van der Waals surface area contributed by atoms with E-state index in [0.29, 0.717) is 0 Å². The van der Waals surface area contributed by atoms with Crippen molar-refractivity contribution in [3.63, 3.8) is 0 Å². The van der Waals surface area contributed by atoms with Gasteiger partial charge in [0.05, 0.1) is 17.6 Å². The van der Waals surface area contributed by atoms with Gasteiger partial charge in [-0.15, -0.1) is 0 Å². The number of carbonyl (C=O) groups is 2. The van der Waals surface area contributed by atoms with Crippen molar-refractivity contribution >= 4 is 23.3 Å². The maximum absolute atomic E-state index is 13.3.